The molecule has 6 heteroatoms. The van der Waals surface area contributed by atoms with Gasteiger partial charge in [-0.05, 0) is 12.2 Å². The minimum absolute atomic E-state index is 0.252. The summed E-state index contributed by atoms with van der Waals surface area (Å²) in [7, 11) is 0. The fraction of sp³-hybridized carbons (Fsp3) is 0.625. The van der Waals surface area contributed by atoms with E-state index in [-0.39, 0.29) is 5.11 Å². The topological polar surface area (TPSA) is 84.8 Å². The molecule has 0 spiro atoms. The van der Waals surface area contributed by atoms with Gasteiger partial charge in [-0.15, -0.1) is 6.58 Å². The van der Waals surface area contributed by atoms with Crippen molar-refractivity contribution < 1.29 is 15.3 Å². The highest BCUT2D eigenvalue weighted by Gasteiger charge is 2.28. The van der Waals surface area contributed by atoms with Crippen molar-refractivity contribution in [1.29, 1.82) is 0 Å². The molecule has 0 rings (SSSR count). The van der Waals surface area contributed by atoms with Crippen LogP contribution in [0.3, 0.4) is 0 Å². The molecule has 82 valence electrons. The van der Waals surface area contributed by atoms with Crippen molar-refractivity contribution in [3.8, 4) is 0 Å². The largest absolute Gasteiger partial charge is 0.394 e. The van der Waals surface area contributed by atoms with Crippen LogP contribution in [0.2, 0.25) is 0 Å². The van der Waals surface area contributed by atoms with Gasteiger partial charge in [0.15, 0.2) is 5.11 Å². The van der Waals surface area contributed by atoms with E-state index in [0.29, 0.717) is 6.54 Å². The van der Waals surface area contributed by atoms with Crippen LogP contribution in [0.1, 0.15) is 0 Å². The van der Waals surface area contributed by atoms with E-state index in [1.54, 1.807) is 6.08 Å². The zero-order chi connectivity index (χ0) is 11.0. The number of rotatable bonds is 6. The molecule has 0 heterocycles. The summed E-state index contributed by atoms with van der Waals surface area (Å²) in [6.45, 7) is 2.75. The van der Waals surface area contributed by atoms with E-state index < -0.39 is 25.4 Å². The van der Waals surface area contributed by atoms with Crippen LogP contribution in [0, 0.1) is 0 Å². The Labute approximate surface area is 88.4 Å². The van der Waals surface area contributed by atoms with Crippen LogP contribution in [0.4, 0.5) is 0 Å². The first kappa shape index (κ1) is 13.3. The summed E-state index contributed by atoms with van der Waals surface area (Å²) in [4.78, 5) is 0. The number of aliphatic hydroxyl groups excluding tert-OH is 3. The quantitative estimate of drug-likeness (QED) is 0.272. The summed E-state index contributed by atoms with van der Waals surface area (Å²) >= 11 is 4.86. The first-order valence-electron chi connectivity index (χ1n) is 4.13. The normalized spacial score (nSPS) is 10.8. The maximum absolute atomic E-state index is 8.96. The Balaban J connectivity index is 4.14. The molecule has 0 aliphatic heterocycles. The fourth-order valence-corrected chi connectivity index (χ4v) is 1.02. The molecule has 5 N–H and O–H groups in total. The van der Waals surface area contributed by atoms with Crippen LogP contribution in [0.5, 0.6) is 0 Å². The second-order valence-electron chi connectivity index (χ2n) is 2.88. The second-order valence-corrected chi connectivity index (χ2v) is 3.29. The predicted molar refractivity (Wildman–Crippen MR) is 57.9 cm³/mol. The van der Waals surface area contributed by atoms with Gasteiger partial charge < -0.3 is 26.0 Å². The van der Waals surface area contributed by atoms with Crippen molar-refractivity contribution in [2.45, 2.75) is 5.54 Å². The molecule has 0 unspecified atom stereocenters. The van der Waals surface area contributed by atoms with E-state index in [4.69, 9.17) is 27.5 Å². The minimum Gasteiger partial charge on any atom is -0.394 e. The first-order chi connectivity index (χ1) is 6.64. The summed E-state index contributed by atoms with van der Waals surface area (Å²) in [5.74, 6) is 0. The highest BCUT2D eigenvalue weighted by Crippen LogP contribution is 2.00. The monoisotopic (exact) mass is 220 g/mol. The number of thiocarbonyl (C=S) groups is 1. The van der Waals surface area contributed by atoms with Gasteiger partial charge in [-0.3, -0.25) is 0 Å². The molecular weight excluding hydrogens is 204 g/mol. The van der Waals surface area contributed by atoms with E-state index in [1.165, 1.54) is 0 Å². The van der Waals surface area contributed by atoms with Crippen LogP contribution in [0.15, 0.2) is 12.7 Å². The average molecular weight is 220 g/mol. The molecule has 0 radical (unpaired) electrons. The Hall–Kier alpha value is -0.690. The molecule has 0 aromatic rings. The summed E-state index contributed by atoms with van der Waals surface area (Å²) < 4.78 is 0. The molecule has 0 aromatic heterocycles. The molecule has 14 heavy (non-hydrogen) atoms. The van der Waals surface area contributed by atoms with Crippen LogP contribution in [0.25, 0.3) is 0 Å². The molecular formula is C8H16N2O3S. The second kappa shape index (κ2) is 6.72. The predicted octanol–water partition coefficient (Wildman–Crippen LogP) is -1.65. The van der Waals surface area contributed by atoms with Gasteiger partial charge in [-0.1, -0.05) is 6.08 Å². The lowest BCUT2D eigenvalue weighted by Crippen LogP contribution is -2.59. The number of hydrogen-bond acceptors (Lipinski definition) is 4. The van der Waals surface area contributed by atoms with Crippen molar-refractivity contribution in [2.75, 3.05) is 26.4 Å². The minimum atomic E-state index is -1.18. The van der Waals surface area contributed by atoms with Gasteiger partial charge in [0.25, 0.3) is 0 Å². The fourth-order valence-electron chi connectivity index (χ4n) is 0.718. The average Bonchev–Trinajstić information content (AvgIpc) is 2.23. The Morgan fingerprint density at radius 1 is 1.29 bits per heavy atom. The summed E-state index contributed by atoms with van der Waals surface area (Å²) in [5.41, 5.74) is -1.18. The highest BCUT2D eigenvalue weighted by atomic mass is 32.1. The lowest BCUT2D eigenvalue weighted by atomic mass is 10.0. The molecule has 0 atom stereocenters. The molecule has 0 bridgehead atoms. The van der Waals surface area contributed by atoms with E-state index in [2.05, 4.69) is 17.2 Å². The highest BCUT2D eigenvalue weighted by molar-refractivity contribution is 7.80. The van der Waals surface area contributed by atoms with E-state index in [9.17, 15) is 0 Å². The SMILES string of the molecule is C=CCNC(=S)NC(CO)(CO)CO. The zero-order valence-electron chi connectivity index (χ0n) is 7.86. The molecule has 0 saturated carbocycles. The molecule has 0 fully saturated rings. The van der Waals surface area contributed by atoms with E-state index in [0.717, 1.165) is 0 Å². The van der Waals surface area contributed by atoms with E-state index >= 15 is 0 Å². The van der Waals surface area contributed by atoms with Crippen molar-refractivity contribution in [2.24, 2.45) is 0 Å². The number of hydrogen-bond donors (Lipinski definition) is 5. The van der Waals surface area contributed by atoms with Gasteiger partial charge >= 0.3 is 0 Å². The number of aliphatic hydroxyl groups is 3. The van der Waals surface area contributed by atoms with Gasteiger partial charge in [0.05, 0.1) is 19.8 Å². The Morgan fingerprint density at radius 2 is 1.79 bits per heavy atom. The smallest absolute Gasteiger partial charge is 0.167 e. The Kier molecular flexibility index (Phi) is 6.39. The van der Waals surface area contributed by atoms with Gasteiger partial charge in [0.1, 0.15) is 5.54 Å². The van der Waals surface area contributed by atoms with Crippen molar-refractivity contribution in [3.63, 3.8) is 0 Å². The van der Waals surface area contributed by atoms with E-state index in [1.807, 2.05) is 0 Å². The van der Waals surface area contributed by atoms with Gasteiger partial charge in [-0.2, -0.15) is 0 Å². The third-order valence-electron chi connectivity index (χ3n) is 1.69. The lowest BCUT2D eigenvalue weighted by molar-refractivity contribution is 0.0557. The summed E-state index contributed by atoms with van der Waals surface area (Å²) in [6, 6.07) is 0. The zero-order valence-corrected chi connectivity index (χ0v) is 8.68. The third-order valence-corrected chi connectivity index (χ3v) is 1.94. The summed E-state index contributed by atoms with van der Waals surface area (Å²) in [6.07, 6.45) is 1.62. The molecule has 0 aromatic carbocycles. The molecule has 0 aliphatic rings. The standard InChI is InChI=1S/C8H16N2O3S/c1-2-3-9-7(14)10-8(4-11,5-12)6-13/h2,11-13H,1,3-6H2,(H2,9,10,14). The molecule has 0 amide bonds. The first-order valence-corrected chi connectivity index (χ1v) is 4.54. The van der Waals surface area contributed by atoms with Gasteiger partial charge in [0, 0.05) is 6.54 Å². The number of nitrogens with one attached hydrogen (secondary N) is 2. The molecule has 5 nitrogen and oxygen atoms in total. The van der Waals surface area contributed by atoms with Crippen LogP contribution in [-0.4, -0.2) is 52.3 Å². The van der Waals surface area contributed by atoms with Crippen LogP contribution in [-0.2, 0) is 0 Å². The summed E-state index contributed by atoms with van der Waals surface area (Å²) in [5, 5.41) is 32.5. The van der Waals surface area contributed by atoms with Crippen molar-refractivity contribution in [3.05, 3.63) is 12.7 Å². The third kappa shape index (κ3) is 4.01. The van der Waals surface area contributed by atoms with Gasteiger partial charge in [-0.25, -0.2) is 0 Å². The van der Waals surface area contributed by atoms with Crippen LogP contribution < -0.4 is 10.6 Å². The maximum Gasteiger partial charge on any atom is 0.167 e. The van der Waals surface area contributed by atoms with Crippen molar-refractivity contribution in [1.82, 2.24) is 10.6 Å². The van der Waals surface area contributed by atoms with Gasteiger partial charge in [0.2, 0.25) is 0 Å². The Morgan fingerprint density at radius 3 is 2.14 bits per heavy atom. The maximum atomic E-state index is 8.96. The van der Waals surface area contributed by atoms with Crippen LogP contribution >= 0.6 is 12.2 Å². The lowest BCUT2D eigenvalue weighted by Gasteiger charge is -2.30. The van der Waals surface area contributed by atoms with Crippen molar-refractivity contribution >= 4 is 17.3 Å². The molecule has 0 aliphatic carbocycles. The molecule has 0 saturated heterocycles. The Bertz CT molecular complexity index is 187.